The van der Waals surface area contributed by atoms with Gasteiger partial charge in [0, 0.05) is 33.8 Å². The number of aromatic amines is 2. The van der Waals surface area contributed by atoms with Crippen LogP contribution in [0.1, 0.15) is 13.3 Å². The molecule has 0 aliphatic heterocycles. The molecule has 35 heavy (non-hydrogen) atoms. The largest absolute Gasteiger partial charge is 0.374 e. The van der Waals surface area contributed by atoms with Gasteiger partial charge in [-0.25, -0.2) is 4.98 Å². The van der Waals surface area contributed by atoms with E-state index in [0.29, 0.717) is 23.5 Å². The van der Waals surface area contributed by atoms with Crippen LogP contribution in [-0.4, -0.2) is 41.5 Å². The lowest BCUT2D eigenvalue weighted by atomic mass is 10.0. The van der Waals surface area contributed by atoms with Crippen molar-refractivity contribution in [1.29, 1.82) is 0 Å². The molecule has 174 valence electrons. The van der Waals surface area contributed by atoms with Crippen molar-refractivity contribution in [3.63, 3.8) is 0 Å². The summed E-state index contributed by atoms with van der Waals surface area (Å²) in [6.45, 7) is 1.90. The fourth-order valence-electron chi connectivity index (χ4n) is 4.03. The van der Waals surface area contributed by atoms with Crippen LogP contribution in [0.3, 0.4) is 0 Å². The second-order valence-electron chi connectivity index (χ2n) is 8.14. The first-order chi connectivity index (χ1) is 17.1. The number of pyridine rings is 2. The quantitative estimate of drug-likeness (QED) is 0.229. The second kappa shape index (κ2) is 8.57. The maximum atomic E-state index is 13.6. The van der Waals surface area contributed by atoms with Crippen LogP contribution in [0.25, 0.3) is 55.0 Å². The van der Waals surface area contributed by atoms with Crippen molar-refractivity contribution in [2.24, 2.45) is 0 Å². The molecule has 0 spiro atoms. The number of hydrogen-bond donors (Lipinski definition) is 4. The minimum Gasteiger partial charge on any atom is -0.374 e. The van der Waals surface area contributed by atoms with E-state index < -0.39 is 6.23 Å². The molecular weight excluding hydrogens is 465 g/mol. The summed E-state index contributed by atoms with van der Waals surface area (Å²) in [5, 5.41) is 21.2. The van der Waals surface area contributed by atoms with E-state index >= 15 is 0 Å². The number of hydrogen-bond acceptors (Lipinski definition) is 7. The van der Waals surface area contributed by atoms with Gasteiger partial charge in [0.05, 0.1) is 29.1 Å². The number of aliphatic hydroxyl groups excluding tert-OH is 1. The number of H-pyrrole nitrogens is 2. The number of halogens is 1. The highest BCUT2D eigenvalue weighted by Gasteiger charge is 2.17. The Morgan fingerprint density at radius 2 is 1.91 bits per heavy atom. The van der Waals surface area contributed by atoms with E-state index in [1.807, 2.05) is 31.2 Å². The normalized spacial score (nSPS) is 12.4. The number of aliphatic hydroxyl groups is 1. The molecule has 0 bridgehead atoms. The zero-order valence-electron chi connectivity index (χ0n) is 18.6. The summed E-state index contributed by atoms with van der Waals surface area (Å²) in [5.41, 5.74) is 6.36. The van der Waals surface area contributed by atoms with Crippen molar-refractivity contribution < 1.29 is 9.50 Å². The number of imidazole rings is 1. The molecule has 8 nitrogen and oxygen atoms in total. The van der Waals surface area contributed by atoms with Gasteiger partial charge in [-0.2, -0.15) is 9.49 Å². The zero-order chi connectivity index (χ0) is 23.9. The van der Waals surface area contributed by atoms with E-state index in [9.17, 15) is 9.50 Å². The molecule has 1 atom stereocenters. The van der Waals surface area contributed by atoms with Gasteiger partial charge < -0.3 is 15.4 Å². The number of nitrogens with zero attached hydrogens (tertiary/aromatic N) is 4. The molecule has 0 aliphatic rings. The average molecular weight is 486 g/mol. The first-order valence-electron chi connectivity index (χ1n) is 11.1. The molecule has 10 heteroatoms. The van der Waals surface area contributed by atoms with Crippen LogP contribution >= 0.6 is 11.3 Å². The second-order valence-corrected chi connectivity index (χ2v) is 9.17. The fraction of sp³-hybridized carbons (Fsp3) is 0.120. The number of fused-ring (bicyclic) bond motifs is 2. The van der Waals surface area contributed by atoms with E-state index in [-0.39, 0.29) is 5.13 Å². The van der Waals surface area contributed by atoms with E-state index in [0.717, 1.165) is 55.0 Å². The van der Waals surface area contributed by atoms with Gasteiger partial charge in [0.1, 0.15) is 17.4 Å². The van der Waals surface area contributed by atoms with Crippen LogP contribution in [0.15, 0.2) is 61.2 Å². The van der Waals surface area contributed by atoms with E-state index in [4.69, 9.17) is 4.98 Å². The molecule has 1 unspecified atom stereocenters. The molecule has 0 saturated heterocycles. The average Bonchev–Trinajstić information content (AvgIpc) is 3.61. The molecule has 6 rings (SSSR count). The third-order valence-electron chi connectivity index (χ3n) is 5.81. The predicted octanol–water partition coefficient (Wildman–Crippen LogP) is 5.57. The highest BCUT2D eigenvalue weighted by Crippen LogP contribution is 2.35. The molecule has 1 aromatic carbocycles. The summed E-state index contributed by atoms with van der Waals surface area (Å²) in [6, 6.07) is 11.1. The predicted molar refractivity (Wildman–Crippen MR) is 135 cm³/mol. The van der Waals surface area contributed by atoms with Crippen LogP contribution in [0.2, 0.25) is 0 Å². The number of thiophene rings is 1. The topological polar surface area (TPSA) is 115 Å². The van der Waals surface area contributed by atoms with Crippen molar-refractivity contribution >= 4 is 39.0 Å². The number of aromatic nitrogens is 6. The Bertz CT molecular complexity index is 1670. The molecule has 5 heterocycles. The smallest absolute Gasteiger partial charge is 0.176 e. The Kier molecular flexibility index (Phi) is 5.24. The maximum Gasteiger partial charge on any atom is 0.176 e. The zero-order valence-corrected chi connectivity index (χ0v) is 19.4. The molecule has 5 aromatic heterocycles. The van der Waals surface area contributed by atoms with Crippen LogP contribution in [0.4, 0.5) is 10.1 Å². The van der Waals surface area contributed by atoms with Gasteiger partial charge in [0.25, 0.3) is 0 Å². The lowest BCUT2D eigenvalue weighted by Gasteiger charge is -2.12. The molecule has 0 radical (unpaired) electrons. The molecular formula is C25H20FN7OS. The maximum absolute atomic E-state index is 13.6. The van der Waals surface area contributed by atoms with E-state index in [1.165, 1.54) is 6.07 Å². The Balaban J connectivity index is 1.42. The lowest BCUT2D eigenvalue weighted by molar-refractivity contribution is 0.199. The van der Waals surface area contributed by atoms with Crippen molar-refractivity contribution in [1.82, 2.24) is 30.1 Å². The summed E-state index contributed by atoms with van der Waals surface area (Å²) in [6.07, 6.45) is 6.82. The summed E-state index contributed by atoms with van der Waals surface area (Å²) in [4.78, 5) is 17.5. The van der Waals surface area contributed by atoms with Gasteiger partial charge in [0.2, 0.25) is 0 Å². The lowest BCUT2D eigenvalue weighted by Crippen LogP contribution is -2.16. The monoisotopic (exact) mass is 485 g/mol. The number of nitrogens with one attached hydrogen (secondary N) is 3. The number of benzene rings is 1. The minimum atomic E-state index is -0.631. The molecule has 0 fully saturated rings. The Hall–Kier alpha value is -4.15. The fourth-order valence-corrected chi connectivity index (χ4v) is 4.77. The summed E-state index contributed by atoms with van der Waals surface area (Å²) in [7, 11) is 0. The highest BCUT2D eigenvalue weighted by molar-refractivity contribution is 7.14. The van der Waals surface area contributed by atoms with Crippen molar-refractivity contribution in [3.8, 4) is 33.1 Å². The molecule has 4 N–H and O–H groups in total. The van der Waals surface area contributed by atoms with Gasteiger partial charge in [-0.05, 0) is 42.3 Å². The van der Waals surface area contributed by atoms with Crippen LogP contribution < -0.4 is 5.32 Å². The Labute approximate surface area is 202 Å². The molecule has 0 saturated carbocycles. The van der Waals surface area contributed by atoms with E-state index in [2.05, 4.69) is 30.5 Å². The van der Waals surface area contributed by atoms with Gasteiger partial charge >= 0.3 is 0 Å². The summed E-state index contributed by atoms with van der Waals surface area (Å²) >= 11 is 1.06. The summed E-state index contributed by atoms with van der Waals surface area (Å²) < 4.78 is 13.6. The molecule has 6 aromatic rings. The third kappa shape index (κ3) is 3.92. The van der Waals surface area contributed by atoms with Crippen molar-refractivity contribution in [2.45, 2.75) is 19.6 Å². The van der Waals surface area contributed by atoms with Crippen LogP contribution in [0, 0.1) is 5.13 Å². The van der Waals surface area contributed by atoms with Gasteiger partial charge in [-0.1, -0.05) is 13.0 Å². The Morgan fingerprint density at radius 3 is 2.74 bits per heavy atom. The van der Waals surface area contributed by atoms with Gasteiger partial charge in [-0.3, -0.25) is 15.1 Å². The molecule has 0 aliphatic carbocycles. The first-order valence-corrected chi connectivity index (χ1v) is 11.9. The van der Waals surface area contributed by atoms with Gasteiger partial charge in [0.15, 0.2) is 11.0 Å². The minimum absolute atomic E-state index is 0.253. The van der Waals surface area contributed by atoms with Crippen LogP contribution in [-0.2, 0) is 0 Å². The third-order valence-corrected chi connectivity index (χ3v) is 6.72. The molecule has 0 amide bonds. The van der Waals surface area contributed by atoms with Crippen LogP contribution in [0.5, 0.6) is 0 Å². The first kappa shape index (κ1) is 21.4. The number of rotatable bonds is 6. The van der Waals surface area contributed by atoms with Gasteiger partial charge in [-0.15, -0.1) is 11.3 Å². The SMILES string of the molecule is CCC(O)Nc1cncc(-c2ccc3[nH]nc(-c4nc5c(-c6ccc(F)s6)cncc5[nH]4)c3c2)c1. The van der Waals surface area contributed by atoms with Crippen molar-refractivity contribution in [3.05, 3.63) is 66.3 Å². The standard InChI is InChI=1S/C25H20FN7OS/c1-2-22(34)29-15-7-14(9-27-10-15)13-3-4-18-16(8-13)24(33-32-18)25-30-19-12-28-11-17(23(19)31-25)20-5-6-21(26)35-20/h3-12,22,29,34H,2H2,1H3,(H,30,31)(H,32,33). The van der Waals surface area contributed by atoms with Crippen molar-refractivity contribution in [2.75, 3.05) is 5.32 Å². The number of anilines is 1. The highest BCUT2D eigenvalue weighted by atomic mass is 32.1. The van der Waals surface area contributed by atoms with E-state index in [1.54, 1.807) is 30.9 Å². The summed E-state index contributed by atoms with van der Waals surface area (Å²) in [5.74, 6) is 0.592. The Morgan fingerprint density at radius 1 is 1.03 bits per heavy atom.